The van der Waals surface area contributed by atoms with Gasteiger partial charge in [0.25, 0.3) is 0 Å². The molecule has 0 radical (unpaired) electrons. The van der Waals surface area contributed by atoms with Gasteiger partial charge in [0.15, 0.2) is 23.8 Å². The molecule has 0 aromatic carbocycles. The minimum absolute atomic E-state index is 0.00923. The van der Waals surface area contributed by atoms with Crippen LogP contribution in [0.25, 0.3) is 0 Å². The zero-order valence-electron chi connectivity index (χ0n) is 20.4. The van der Waals surface area contributed by atoms with Crippen LogP contribution in [0, 0.1) is 28.6 Å². The van der Waals surface area contributed by atoms with Gasteiger partial charge in [0, 0.05) is 34.7 Å². The van der Waals surface area contributed by atoms with Crippen molar-refractivity contribution in [1.29, 1.82) is 0 Å². The maximum atomic E-state index is 17.2. The average Bonchev–Trinajstić information content (AvgIpc) is 3.00. The lowest BCUT2D eigenvalue weighted by Crippen LogP contribution is -2.71. The number of ether oxygens (including phenoxy) is 1. The van der Waals surface area contributed by atoms with E-state index < -0.39 is 94.2 Å². The number of esters is 1. The van der Waals surface area contributed by atoms with Crippen molar-refractivity contribution in [2.75, 3.05) is 6.67 Å². The Labute approximate surface area is 202 Å². The summed E-state index contributed by atoms with van der Waals surface area (Å²) in [6.45, 7) is 4.78. The van der Waals surface area contributed by atoms with Crippen molar-refractivity contribution in [2.24, 2.45) is 28.6 Å². The number of aliphatic hydroxyl groups excluding tert-OH is 1. The molecule has 3 fully saturated rings. The second-order valence-electron chi connectivity index (χ2n) is 11.1. The third-order valence-electron chi connectivity index (χ3n) is 9.51. The van der Waals surface area contributed by atoms with Crippen molar-refractivity contribution >= 4 is 17.5 Å². The molecule has 4 aliphatic carbocycles. The number of fused-ring (bicyclic) bond motifs is 5. The van der Waals surface area contributed by atoms with Crippen molar-refractivity contribution in [3.8, 4) is 0 Å². The Balaban J connectivity index is 1.88. The van der Waals surface area contributed by atoms with Gasteiger partial charge >= 0.3 is 5.97 Å². The highest BCUT2D eigenvalue weighted by Gasteiger charge is 2.78. The molecule has 1 N–H and O–H groups in total. The van der Waals surface area contributed by atoms with Gasteiger partial charge in [-0.05, 0) is 44.6 Å². The van der Waals surface area contributed by atoms with Crippen LogP contribution in [0.4, 0.5) is 17.6 Å². The molecule has 9 atom stereocenters. The first-order valence-corrected chi connectivity index (χ1v) is 12.2. The molecule has 35 heavy (non-hydrogen) atoms. The molecule has 4 aliphatic rings. The highest BCUT2D eigenvalue weighted by Crippen LogP contribution is 2.72. The molecule has 3 saturated carbocycles. The predicted molar refractivity (Wildman–Crippen MR) is 118 cm³/mol. The molecule has 5 nitrogen and oxygen atoms in total. The highest BCUT2D eigenvalue weighted by atomic mass is 19.2. The molecule has 4 rings (SSSR count). The van der Waals surface area contributed by atoms with Crippen LogP contribution in [0.5, 0.6) is 0 Å². The van der Waals surface area contributed by atoms with Crippen molar-refractivity contribution < 1.29 is 41.8 Å². The zero-order chi connectivity index (χ0) is 26.1. The smallest absolute Gasteiger partial charge is 0.306 e. The second-order valence-corrected chi connectivity index (χ2v) is 11.1. The number of allylic oxidation sites excluding steroid dienone is 4. The number of aliphatic hydroxyl groups is 1. The van der Waals surface area contributed by atoms with E-state index in [1.807, 2.05) is 0 Å². The molecule has 0 saturated heterocycles. The quantitative estimate of drug-likeness (QED) is 0.445. The molecule has 0 aromatic rings. The van der Waals surface area contributed by atoms with Gasteiger partial charge in [-0.2, -0.15) is 0 Å². The summed E-state index contributed by atoms with van der Waals surface area (Å²) in [7, 11) is 0. The topological polar surface area (TPSA) is 80.7 Å². The number of ketones is 2. The number of Topliss-reactive ketones (excluding diaryl/α,β-unsaturated/α-hetero) is 1. The maximum absolute atomic E-state index is 17.2. The van der Waals surface area contributed by atoms with Gasteiger partial charge in [-0.1, -0.05) is 26.8 Å². The van der Waals surface area contributed by atoms with Crippen LogP contribution < -0.4 is 0 Å². The number of alkyl halides is 3. The fourth-order valence-corrected chi connectivity index (χ4v) is 8.02. The Morgan fingerprint density at radius 3 is 2.49 bits per heavy atom. The van der Waals surface area contributed by atoms with Gasteiger partial charge in [-0.15, -0.1) is 0 Å². The number of carbonyl (C=O) groups excluding carboxylic acids is 3. The van der Waals surface area contributed by atoms with E-state index >= 15 is 8.78 Å². The van der Waals surface area contributed by atoms with E-state index in [4.69, 9.17) is 4.74 Å². The summed E-state index contributed by atoms with van der Waals surface area (Å²) in [6.07, 6.45) is -2.21. The Hall–Kier alpha value is -2.03. The van der Waals surface area contributed by atoms with Crippen LogP contribution in [0.1, 0.15) is 59.8 Å². The average molecular weight is 501 g/mol. The first-order valence-electron chi connectivity index (χ1n) is 12.2. The van der Waals surface area contributed by atoms with Gasteiger partial charge in [-0.25, -0.2) is 17.6 Å². The van der Waals surface area contributed by atoms with E-state index in [1.54, 1.807) is 20.8 Å². The summed E-state index contributed by atoms with van der Waals surface area (Å²) in [5.74, 6) is -6.77. The lowest BCUT2D eigenvalue weighted by molar-refractivity contribution is -0.231. The van der Waals surface area contributed by atoms with Crippen LogP contribution in [0.3, 0.4) is 0 Å². The van der Waals surface area contributed by atoms with Crippen LogP contribution in [0.2, 0.25) is 0 Å². The van der Waals surface area contributed by atoms with Crippen molar-refractivity contribution in [3.63, 3.8) is 0 Å². The summed E-state index contributed by atoms with van der Waals surface area (Å²) in [4.78, 5) is 37.6. The SMILES string of the molecule is CCCC(=O)O[C@]1(C(=O)CF)[C@@H](C)C[C@H]2[C@@H]3C[C@H](F)C4=C(F)C(=O)C=C[C@]4(C)[C@@]3(F)[C@@H](O)C[C@@]21C. The predicted octanol–water partition coefficient (Wildman–Crippen LogP) is 4.47. The minimum atomic E-state index is -2.56. The first kappa shape index (κ1) is 26.0. The third-order valence-corrected chi connectivity index (χ3v) is 9.51. The number of rotatable bonds is 5. The lowest BCUT2D eigenvalue weighted by Gasteiger charge is -2.63. The normalized spacial score (nSPS) is 46.7. The summed E-state index contributed by atoms with van der Waals surface area (Å²) in [5.41, 5.74) is -8.45. The monoisotopic (exact) mass is 500 g/mol. The molecule has 0 spiro atoms. The van der Waals surface area contributed by atoms with Gasteiger partial charge < -0.3 is 9.84 Å². The van der Waals surface area contributed by atoms with Crippen LogP contribution in [0.15, 0.2) is 23.6 Å². The van der Waals surface area contributed by atoms with E-state index in [-0.39, 0.29) is 19.3 Å². The fraction of sp³-hybridized carbons (Fsp3) is 0.731. The summed E-state index contributed by atoms with van der Waals surface area (Å²) in [6, 6.07) is 0. The van der Waals surface area contributed by atoms with Crippen molar-refractivity contribution in [3.05, 3.63) is 23.6 Å². The third kappa shape index (κ3) is 3.05. The fourth-order valence-electron chi connectivity index (χ4n) is 8.02. The Morgan fingerprint density at radius 2 is 1.89 bits per heavy atom. The maximum Gasteiger partial charge on any atom is 0.306 e. The van der Waals surface area contributed by atoms with E-state index in [9.17, 15) is 28.3 Å². The molecule has 0 unspecified atom stereocenters. The molecule has 0 heterocycles. The Kier molecular flexibility index (Phi) is 6.14. The van der Waals surface area contributed by atoms with Gasteiger partial charge in [0.1, 0.15) is 6.17 Å². The minimum Gasteiger partial charge on any atom is -0.450 e. The standard InChI is InChI=1S/C26H32F4O5/c1-5-6-20(34)35-26(19(33)12-27)13(2)9-14-15-10-16(28)21-22(29)17(31)7-8-23(21,3)25(15,30)18(32)11-24(14,26)4/h7-8,13-16,18,32H,5-6,9-12H2,1-4H3/t13-,14-,15-,16-,18-,23-,24-,25-,26-/m0/s1. The van der Waals surface area contributed by atoms with Gasteiger partial charge in [-0.3, -0.25) is 14.4 Å². The highest BCUT2D eigenvalue weighted by molar-refractivity contribution is 6.04. The summed E-state index contributed by atoms with van der Waals surface area (Å²) in [5, 5.41) is 11.3. The molecule has 0 aromatic heterocycles. The molecule has 194 valence electrons. The van der Waals surface area contributed by atoms with E-state index in [1.165, 1.54) is 6.92 Å². The molecular weight excluding hydrogens is 468 g/mol. The Bertz CT molecular complexity index is 1030. The zero-order valence-corrected chi connectivity index (χ0v) is 20.4. The van der Waals surface area contributed by atoms with Crippen molar-refractivity contribution in [2.45, 2.75) is 83.3 Å². The molecule has 9 heteroatoms. The second kappa shape index (κ2) is 8.25. The first-order chi connectivity index (χ1) is 16.3. The van der Waals surface area contributed by atoms with E-state index in [0.29, 0.717) is 6.42 Å². The number of halogens is 4. The molecule has 0 bridgehead atoms. The number of hydrogen-bond acceptors (Lipinski definition) is 5. The van der Waals surface area contributed by atoms with Gasteiger partial charge in [0.2, 0.25) is 11.6 Å². The van der Waals surface area contributed by atoms with E-state index in [0.717, 1.165) is 12.2 Å². The summed E-state index contributed by atoms with van der Waals surface area (Å²) < 4.78 is 67.2. The van der Waals surface area contributed by atoms with Crippen LogP contribution in [-0.4, -0.2) is 52.9 Å². The van der Waals surface area contributed by atoms with Crippen LogP contribution >= 0.6 is 0 Å². The Morgan fingerprint density at radius 1 is 1.23 bits per heavy atom. The van der Waals surface area contributed by atoms with Crippen LogP contribution in [-0.2, 0) is 19.1 Å². The van der Waals surface area contributed by atoms with E-state index in [2.05, 4.69) is 0 Å². The van der Waals surface area contributed by atoms with Gasteiger partial charge in [0.05, 0.1) is 6.10 Å². The molecular formula is C26H32F4O5. The molecule has 0 aliphatic heterocycles. The lowest BCUT2D eigenvalue weighted by atomic mass is 9.44. The number of carbonyl (C=O) groups is 3. The molecule has 0 amide bonds. The largest absolute Gasteiger partial charge is 0.450 e. The number of hydrogen-bond donors (Lipinski definition) is 1. The summed E-state index contributed by atoms with van der Waals surface area (Å²) >= 11 is 0. The van der Waals surface area contributed by atoms with Crippen molar-refractivity contribution in [1.82, 2.24) is 0 Å².